The molecule has 4 heteroatoms. The highest BCUT2D eigenvalue weighted by Gasteiger charge is 2.16. The van der Waals surface area contributed by atoms with E-state index in [0.717, 1.165) is 23.3 Å². The molecule has 128 valence electrons. The zero-order chi connectivity index (χ0) is 17.5. The summed E-state index contributed by atoms with van der Waals surface area (Å²) in [5.74, 6) is 0.876. The van der Waals surface area contributed by atoms with E-state index in [1.54, 1.807) is 19.2 Å². The number of rotatable bonds is 7. The van der Waals surface area contributed by atoms with Crippen molar-refractivity contribution >= 4 is 5.91 Å². The third-order valence-corrected chi connectivity index (χ3v) is 3.84. The summed E-state index contributed by atoms with van der Waals surface area (Å²) in [6, 6.07) is 13.7. The van der Waals surface area contributed by atoms with E-state index in [9.17, 15) is 9.18 Å². The first-order valence-electron chi connectivity index (χ1n) is 8.15. The van der Waals surface area contributed by atoms with Crippen LogP contribution < -0.4 is 10.1 Å². The largest absolute Gasteiger partial charge is 0.497 e. The molecule has 0 unspecified atom stereocenters. The molecule has 3 nitrogen and oxygen atoms in total. The first-order valence-corrected chi connectivity index (χ1v) is 8.15. The maximum Gasteiger partial charge on any atom is 0.224 e. The van der Waals surface area contributed by atoms with Crippen LogP contribution in [0, 0.1) is 11.7 Å². The maximum atomic E-state index is 13.0. The Kier molecular flexibility index (Phi) is 6.36. The Morgan fingerprint density at radius 1 is 1.08 bits per heavy atom. The van der Waals surface area contributed by atoms with Gasteiger partial charge in [-0.3, -0.25) is 4.79 Å². The number of carbonyl (C=O) groups excluding carboxylic acids is 1. The molecule has 0 saturated carbocycles. The van der Waals surface area contributed by atoms with E-state index in [4.69, 9.17) is 4.74 Å². The van der Waals surface area contributed by atoms with Crippen LogP contribution in [0.1, 0.15) is 37.4 Å². The quantitative estimate of drug-likeness (QED) is 0.823. The van der Waals surface area contributed by atoms with Crippen molar-refractivity contribution in [3.8, 4) is 5.75 Å². The molecule has 0 spiro atoms. The van der Waals surface area contributed by atoms with Crippen LogP contribution in [-0.4, -0.2) is 13.0 Å². The van der Waals surface area contributed by atoms with E-state index in [-0.39, 0.29) is 24.2 Å². The Morgan fingerprint density at radius 3 is 2.25 bits per heavy atom. The summed E-state index contributed by atoms with van der Waals surface area (Å²) in [7, 11) is 1.63. The van der Waals surface area contributed by atoms with Crippen LogP contribution in [0.15, 0.2) is 48.5 Å². The number of ether oxygens (including phenoxy) is 1. The smallest absolute Gasteiger partial charge is 0.224 e. The molecule has 0 saturated heterocycles. The molecule has 0 aliphatic rings. The predicted octanol–water partition coefficient (Wildman–Crippen LogP) is 4.28. The van der Waals surface area contributed by atoms with Gasteiger partial charge in [0.1, 0.15) is 11.6 Å². The summed E-state index contributed by atoms with van der Waals surface area (Å²) in [4.78, 5) is 12.4. The van der Waals surface area contributed by atoms with Crippen LogP contribution in [-0.2, 0) is 11.2 Å². The van der Waals surface area contributed by atoms with Crippen LogP contribution in [0.4, 0.5) is 4.39 Å². The first-order chi connectivity index (χ1) is 11.5. The Hall–Kier alpha value is -2.36. The van der Waals surface area contributed by atoms with Crippen molar-refractivity contribution in [2.45, 2.75) is 32.7 Å². The molecule has 1 amide bonds. The zero-order valence-electron chi connectivity index (χ0n) is 14.4. The van der Waals surface area contributed by atoms with Gasteiger partial charge in [-0.25, -0.2) is 4.39 Å². The number of amides is 1. The fraction of sp³-hybridized carbons (Fsp3) is 0.350. The number of carbonyl (C=O) groups is 1. The number of hydrogen-bond acceptors (Lipinski definition) is 2. The van der Waals surface area contributed by atoms with Gasteiger partial charge in [0, 0.05) is 0 Å². The molecular formula is C20H24FNO2. The molecule has 0 radical (unpaired) electrons. The van der Waals surface area contributed by atoms with Crippen molar-refractivity contribution in [3.63, 3.8) is 0 Å². The normalized spacial score (nSPS) is 12.0. The summed E-state index contributed by atoms with van der Waals surface area (Å²) in [6.45, 7) is 4.26. The van der Waals surface area contributed by atoms with Gasteiger partial charge in [-0.05, 0) is 47.7 Å². The van der Waals surface area contributed by atoms with Crippen molar-refractivity contribution in [1.82, 2.24) is 5.32 Å². The van der Waals surface area contributed by atoms with Crippen molar-refractivity contribution in [2.24, 2.45) is 5.92 Å². The summed E-state index contributed by atoms with van der Waals surface area (Å²) < 4.78 is 18.1. The average Bonchev–Trinajstić information content (AvgIpc) is 2.56. The summed E-state index contributed by atoms with van der Waals surface area (Å²) >= 11 is 0. The van der Waals surface area contributed by atoms with Crippen molar-refractivity contribution in [1.29, 1.82) is 0 Å². The van der Waals surface area contributed by atoms with Crippen molar-refractivity contribution in [2.75, 3.05) is 7.11 Å². The van der Waals surface area contributed by atoms with Gasteiger partial charge in [0.15, 0.2) is 0 Å². The minimum absolute atomic E-state index is 0.0520. The van der Waals surface area contributed by atoms with E-state index >= 15 is 0 Å². The molecule has 1 atom stereocenters. The van der Waals surface area contributed by atoms with Gasteiger partial charge in [-0.15, -0.1) is 0 Å². The predicted molar refractivity (Wildman–Crippen MR) is 93.4 cm³/mol. The summed E-state index contributed by atoms with van der Waals surface area (Å²) in [6.07, 6.45) is 1.09. The molecule has 1 N–H and O–H groups in total. The third-order valence-electron chi connectivity index (χ3n) is 3.84. The Labute approximate surface area is 142 Å². The second-order valence-corrected chi connectivity index (χ2v) is 6.33. The first kappa shape index (κ1) is 18.0. The van der Waals surface area contributed by atoms with Crippen LogP contribution in [0.25, 0.3) is 0 Å². The topological polar surface area (TPSA) is 38.3 Å². The minimum Gasteiger partial charge on any atom is -0.497 e. The second kappa shape index (κ2) is 8.48. The van der Waals surface area contributed by atoms with Crippen molar-refractivity contribution in [3.05, 3.63) is 65.5 Å². The van der Waals surface area contributed by atoms with E-state index in [1.807, 2.05) is 24.3 Å². The number of nitrogens with one attached hydrogen (secondary N) is 1. The highest BCUT2D eigenvalue weighted by molar-refractivity contribution is 5.79. The van der Waals surface area contributed by atoms with E-state index in [0.29, 0.717) is 5.92 Å². The van der Waals surface area contributed by atoms with Gasteiger partial charge >= 0.3 is 0 Å². The fourth-order valence-corrected chi connectivity index (χ4v) is 2.62. The summed E-state index contributed by atoms with van der Waals surface area (Å²) in [5.41, 5.74) is 1.85. The lowest BCUT2D eigenvalue weighted by Gasteiger charge is -2.21. The lowest BCUT2D eigenvalue weighted by atomic mass is 9.96. The highest BCUT2D eigenvalue weighted by Crippen LogP contribution is 2.23. The van der Waals surface area contributed by atoms with Crippen LogP contribution in [0.5, 0.6) is 5.75 Å². The molecule has 0 fully saturated rings. The minimum atomic E-state index is -0.296. The molecule has 2 rings (SSSR count). The molecule has 2 aromatic carbocycles. The van der Waals surface area contributed by atoms with Crippen LogP contribution in [0.3, 0.4) is 0 Å². The van der Waals surface area contributed by atoms with Gasteiger partial charge in [-0.2, -0.15) is 0 Å². The average molecular weight is 329 g/mol. The lowest BCUT2D eigenvalue weighted by Crippen LogP contribution is -2.30. The highest BCUT2D eigenvalue weighted by atomic mass is 19.1. The van der Waals surface area contributed by atoms with Crippen molar-refractivity contribution < 1.29 is 13.9 Å². The number of benzene rings is 2. The number of halogens is 1. The molecule has 0 heterocycles. The van der Waals surface area contributed by atoms with Gasteiger partial charge < -0.3 is 10.1 Å². The van der Waals surface area contributed by atoms with E-state index in [1.165, 1.54) is 12.1 Å². The van der Waals surface area contributed by atoms with Gasteiger partial charge in [0.2, 0.25) is 5.91 Å². The maximum absolute atomic E-state index is 13.0. The molecule has 0 bridgehead atoms. The third kappa shape index (κ3) is 5.37. The van der Waals surface area contributed by atoms with E-state index in [2.05, 4.69) is 19.2 Å². The molecule has 0 aliphatic heterocycles. The Morgan fingerprint density at radius 2 is 1.71 bits per heavy atom. The SMILES string of the molecule is COc1ccc([C@H](CC(C)C)NC(=O)Cc2ccc(F)cc2)cc1. The molecule has 24 heavy (non-hydrogen) atoms. The molecule has 0 aliphatic carbocycles. The second-order valence-electron chi connectivity index (χ2n) is 6.33. The lowest BCUT2D eigenvalue weighted by molar-refractivity contribution is -0.121. The van der Waals surface area contributed by atoms with Gasteiger partial charge in [0.25, 0.3) is 0 Å². The van der Waals surface area contributed by atoms with Crippen LogP contribution in [0.2, 0.25) is 0 Å². The monoisotopic (exact) mass is 329 g/mol. The molecule has 0 aromatic heterocycles. The van der Waals surface area contributed by atoms with E-state index < -0.39 is 0 Å². The fourth-order valence-electron chi connectivity index (χ4n) is 2.62. The summed E-state index contributed by atoms with van der Waals surface area (Å²) in [5, 5.41) is 3.09. The molecular weight excluding hydrogens is 305 g/mol. The molecule has 2 aromatic rings. The van der Waals surface area contributed by atoms with Crippen LogP contribution >= 0.6 is 0 Å². The number of hydrogen-bond donors (Lipinski definition) is 1. The Bertz CT molecular complexity index is 650. The Balaban J connectivity index is 2.06. The zero-order valence-corrected chi connectivity index (χ0v) is 14.4. The van der Waals surface area contributed by atoms with Gasteiger partial charge in [0.05, 0.1) is 19.6 Å². The number of methoxy groups -OCH3 is 1. The van der Waals surface area contributed by atoms with Gasteiger partial charge in [-0.1, -0.05) is 38.1 Å². The standard InChI is InChI=1S/C20H24FNO2/c1-14(2)12-19(16-6-10-18(24-3)11-7-16)22-20(23)13-15-4-8-17(21)9-5-15/h4-11,14,19H,12-13H2,1-3H3,(H,22,23)/t19-/m0/s1.